The maximum Gasteiger partial charge on any atom is 0.259 e. The van der Waals surface area contributed by atoms with Crippen LogP contribution in [0.3, 0.4) is 0 Å². The number of phenols is 1. The van der Waals surface area contributed by atoms with Crippen LogP contribution in [0.15, 0.2) is 42.5 Å². The summed E-state index contributed by atoms with van der Waals surface area (Å²) in [4.78, 5) is 12.1. The lowest BCUT2D eigenvalue weighted by atomic mass is 10.1. The van der Waals surface area contributed by atoms with Crippen LogP contribution in [-0.2, 0) is 6.54 Å². The Morgan fingerprint density at radius 3 is 2.40 bits per heavy atom. The van der Waals surface area contributed by atoms with Gasteiger partial charge in [0, 0.05) is 12.2 Å². The molecule has 5 heteroatoms. The number of halogens is 1. The number of benzene rings is 2. The highest BCUT2D eigenvalue weighted by atomic mass is 35.5. The summed E-state index contributed by atoms with van der Waals surface area (Å²) >= 11 is 0. The minimum absolute atomic E-state index is 0. The van der Waals surface area contributed by atoms with Gasteiger partial charge in [0.1, 0.15) is 5.75 Å². The number of nitrogens with one attached hydrogen (secondary N) is 1. The highest BCUT2D eigenvalue weighted by Gasteiger charge is 2.13. The number of aryl methyl sites for hydroxylation is 1. The molecule has 2 rings (SSSR count). The molecule has 106 valence electrons. The molecule has 0 radical (unpaired) electrons. The van der Waals surface area contributed by atoms with Crippen molar-refractivity contribution < 1.29 is 9.90 Å². The summed E-state index contributed by atoms with van der Waals surface area (Å²) in [6.45, 7) is 2.25. The van der Waals surface area contributed by atoms with Crippen LogP contribution in [0.2, 0.25) is 0 Å². The second-order valence-corrected chi connectivity index (χ2v) is 4.32. The molecule has 0 spiro atoms. The van der Waals surface area contributed by atoms with Crippen molar-refractivity contribution >= 4 is 24.0 Å². The van der Waals surface area contributed by atoms with Gasteiger partial charge in [-0.15, -0.1) is 12.4 Å². The van der Waals surface area contributed by atoms with Crippen molar-refractivity contribution in [1.82, 2.24) is 0 Å². The normalized spacial score (nSPS) is 9.70. The van der Waals surface area contributed by atoms with Gasteiger partial charge in [0.15, 0.2) is 0 Å². The molecule has 0 bridgehead atoms. The molecular weight excluding hydrogens is 276 g/mol. The Kier molecular flexibility index (Phi) is 5.55. The molecule has 0 saturated heterocycles. The summed E-state index contributed by atoms with van der Waals surface area (Å²) in [6, 6.07) is 12.3. The third kappa shape index (κ3) is 3.50. The Morgan fingerprint density at radius 1 is 1.20 bits per heavy atom. The van der Waals surface area contributed by atoms with Crippen LogP contribution in [0.4, 0.5) is 5.69 Å². The van der Waals surface area contributed by atoms with E-state index in [4.69, 9.17) is 5.73 Å². The number of hydrogen-bond donors (Lipinski definition) is 3. The van der Waals surface area contributed by atoms with Crippen molar-refractivity contribution in [1.29, 1.82) is 0 Å². The van der Waals surface area contributed by atoms with Crippen LogP contribution in [0.5, 0.6) is 5.75 Å². The second kappa shape index (κ2) is 6.93. The number of nitrogens with two attached hydrogens (primary N) is 1. The summed E-state index contributed by atoms with van der Waals surface area (Å²) in [5.74, 6) is -0.341. The SMILES string of the molecule is Cc1cccc(O)c1C(=O)Nc1ccc(CN)cc1.Cl. The first-order valence-electron chi connectivity index (χ1n) is 6.00. The molecule has 0 aromatic heterocycles. The van der Waals surface area contributed by atoms with Gasteiger partial charge in [-0.3, -0.25) is 4.79 Å². The molecule has 2 aromatic carbocycles. The zero-order valence-electron chi connectivity index (χ0n) is 11.1. The summed E-state index contributed by atoms with van der Waals surface area (Å²) in [7, 11) is 0. The number of amides is 1. The van der Waals surface area contributed by atoms with Crippen molar-refractivity contribution in [3.63, 3.8) is 0 Å². The standard InChI is InChI=1S/C15H16N2O2.ClH/c1-10-3-2-4-13(18)14(10)15(19)17-12-7-5-11(9-16)6-8-12;/h2-8,18H,9,16H2,1H3,(H,17,19);1H. The lowest BCUT2D eigenvalue weighted by molar-refractivity contribution is 0.102. The van der Waals surface area contributed by atoms with Crippen molar-refractivity contribution in [3.8, 4) is 5.75 Å². The number of aromatic hydroxyl groups is 1. The zero-order valence-corrected chi connectivity index (χ0v) is 11.9. The average molecular weight is 293 g/mol. The van der Waals surface area contributed by atoms with Crippen LogP contribution in [0, 0.1) is 6.92 Å². The fourth-order valence-corrected chi connectivity index (χ4v) is 1.87. The highest BCUT2D eigenvalue weighted by Crippen LogP contribution is 2.21. The molecule has 20 heavy (non-hydrogen) atoms. The Hall–Kier alpha value is -2.04. The predicted octanol–water partition coefficient (Wildman–Crippen LogP) is 2.83. The molecule has 4 nitrogen and oxygen atoms in total. The van der Waals surface area contributed by atoms with E-state index in [1.165, 1.54) is 6.07 Å². The fourth-order valence-electron chi connectivity index (χ4n) is 1.87. The number of rotatable bonds is 3. The molecule has 2 aromatic rings. The topological polar surface area (TPSA) is 75.3 Å². The van der Waals surface area contributed by atoms with Crippen LogP contribution in [0.25, 0.3) is 0 Å². The lowest BCUT2D eigenvalue weighted by Crippen LogP contribution is -2.13. The predicted molar refractivity (Wildman–Crippen MR) is 82.4 cm³/mol. The van der Waals surface area contributed by atoms with Gasteiger partial charge in [-0.1, -0.05) is 24.3 Å². The molecule has 0 aliphatic heterocycles. The Bertz CT molecular complexity index is 577. The van der Waals surface area contributed by atoms with Gasteiger partial charge in [0.05, 0.1) is 5.56 Å². The molecule has 4 N–H and O–H groups in total. The van der Waals surface area contributed by atoms with Gasteiger partial charge in [-0.25, -0.2) is 0 Å². The summed E-state index contributed by atoms with van der Waals surface area (Å²) < 4.78 is 0. The molecule has 0 atom stereocenters. The van der Waals surface area contributed by atoms with E-state index >= 15 is 0 Å². The van der Waals surface area contributed by atoms with Gasteiger partial charge >= 0.3 is 0 Å². The van der Waals surface area contributed by atoms with Gasteiger partial charge in [0.2, 0.25) is 0 Å². The number of phenolic OH excluding ortho intramolecular Hbond substituents is 1. The van der Waals surface area contributed by atoms with E-state index in [-0.39, 0.29) is 24.1 Å². The minimum atomic E-state index is -0.323. The van der Waals surface area contributed by atoms with E-state index < -0.39 is 0 Å². The second-order valence-electron chi connectivity index (χ2n) is 4.32. The Labute approximate surface area is 124 Å². The molecule has 0 aliphatic carbocycles. The first-order chi connectivity index (χ1) is 9.11. The van der Waals surface area contributed by atoms with Crippen molar-refractivity contribution in [2.24, 2.45) is 5.73 Å². The Morgan fingerprint density at radius 2 is 1.85 bits per heavy atom. The molecule has 1 amide bonds. The first kappa shape index (κ1) is 16.0. The monoisotopic (exact) mass is 292 g/mol. The summed E-state index contributed by atoms with van der Waals surface area (Å²) in [5, 5.41) is 12.5. The largest absolute Gasteiger partial charge is 0.507 e. The summed E-state index contributed by atoms with van der Waals surface area (Å²) in [6.07, 6.45) is 0. The van der Waals surface area contributed by atoms with Crippen LogP contribution in [-0.4, -0.2) is 11.0 Å². The van der Waals surface area contributed by atoms with E-state index in [0.717, 1.165) is 11.1 Å². The van der Waals surface area contributed by atoms with E-state index in [1.807, 2.05) is 12.1 Å². The van der Waals surface area contributed by atoms with E-state index in [9.17, 15) is 9.90 Å². The van der Waals surface area contributed by atoms with Gasteiger partial charge in [-0.05, 0) is 36.2 Å². The quantitative estimate of drug-likeness (QED) is 0.814. The number of carbonyl (C=O) groups is 1. The van der Waals surface area contributed by atoms with Crippen molar-refractivity contribution in [3.05, 3.63) is 59.2 Å². The van der Waals surface area contributed by atoms with Crippen LogP contribution < -0.4 is 11.1 Å². The molecule has 0 heterocycles. The molecule has 0 fully saturated rings. The third-order valence-electron chi connectivity index (χ3n) is 2.93. The summed E-state index contributed by atoms with van der Waals surface area (Å²) in [5.41, 5.74) is 8.21. The van der Waals surface area contributed by atoms with Crippen LogP contribution in [0.1, 0.15) is 21.5 Å². The van der Waals surface area contributed by atoms with Gasteiger partial charge < -0.3 is 16.2 Å². The number of anilines is 1. The fraction of sp³-hybridized carbons (Fsp3) is 0.133. The maximum absolute atomic E-state index is 12.1. The zero-order chi connectivity index (χ0) is 13.8. The molecule has 0 aliphatic rings. The molecule has 0 saturated carbocycles. The van der Waals surface area contributed by atoms with E-state index in [2.05, 4.69) is 5.32 Å². The number of hydrogen-bond acceptors (Lipinski definition) is 3. The minimum Gasteiger partial charge on any atom is -0.507 e. The third-order valence-corrected chi connectivity index (χ3v) is 2.93. The molecule has 0 unspecified atom stereocenters. The lowest BCUT2D eigenvalue weighted by Gasteiger charge is -2.09. The molecular formula is C15H17ClN2O2. The van der Waals surface area contributed by atoms with Crippen LogP contribution >= 0.6 is 12.4 Å². The van der Waals surface area contributed by atoms with Gasteiger partial charge in [-0.2, -0.15) is 0 Å². The van der Waals surface area contributed by atoms with Gasteiger partial charge in [0.25, 0.3) is 5.91 Å². The maximum atomic E-state index is 12.1. The number of carbonyl (C=O) groups excluding carboxylic acids is 1. The first-order valence-corrected chi connectivity index (χ1v) is 6.00. The van der Waals surface area contributed by atoms with E-state index in [1.54, 1.807) is 31.2 Å². The van der Waals surface area contributed by atoms with E-state index in [0.29, 0.717) is 17.8 Å². The smallest absolute Gasteiger partial charge is 0.259 e. The Balaban J connectivity index is 0.00000200. The van der Waals surface area contributed by atoms with Crippen molar-refractivity contribution in [2.45, 2.75) is 13.5 Å². The highest BCUT2D eigenvalue weighted by molar-refractivity contribution is 6.07. The van der Waals surface area contributed by atoms with Crippen molar-refractivity contribution in [2.75, 3.05) is 5.32 Å². The average Bonchev–Trinajstić information content (AvgIpc) is 2.39.